The SMILES string of the molecule is CC1(OC[C@@H](O)COCc2ccccc2)C=Cc2c(Br)cccc2N1. The first-order chi connectivity index (χ1) is 12.1. The number of hydrogen-bond donors (Lipinski definition) is 2. The Labute approximate surface area is 156 Å². The van der Waals surface area contributed by atoms with Gasteiger partial charge in [-0.2, -0.15) is 0 Å². The highest BCUT2D eigenvalue weighted by atomic mass is 79.9. The van der Waals surface area contributed by atoms with E-state index >= 15 is 0 Å². The summed E-state index contributed by atoms with van der Waals surface area (Å²) in [4.78, 5) is 0. The highest BCUT2D eigenvalue weighted by Gasteiger charge is 2.27. The van der Waals surface area contributed by atoms with Crippen molar-refractivity contribution < 1.29 is 14.6 Å². The van der Waals surface area contributed by atoms with Crippen LogP contribution < -0.4 is 5.32 Å². The molecule has 1 unspecified atom stereocenters. The van der Waals surface area contributed by atoms with Crippen LogP contribution in [0.1, 0.15) is 18.1 Å². The summed E-state index contributed by atoms with van der Waals surface area (Å²) in [6.45, 7) is 2.84. The maximum absolute atomic E-state index is 10.1. The Morgan fingerprint density at radius 1 is 1.12 bits per heavy atom. The third-order valence-electron chi connectivity index (χ3n) is 4.00. The average Bonchev–Trinajstić information content (AvgIpc) is 2.61. The van der Waals surface area contributed by atoms with E-state index in [0.717, 1.165) is 21.3 Å². The fourth-order valence-corrected chi connectivity index (χ4v) is 3.15. The molecule has 0 aromatic heterocycles. The van der Waals surface area contributed by atoms with Gasteiger partial charge in [0.05, 0.1) is 19.8 Å². The first kappa shape index (κ1) is 18.1. The molecule has 5 heteroatoms. The molecular weight excluding hydrogens is 382 g/mol. The molecule has 0 fully saturated rings. The number of benzene rings is 2. The van der Waals surface area contributed by atoms with Gasteiger partial charge in [0.1, 0.15) is 6.10 Å². The summed E-state index contributed by atoms with van der Waals surface area (Å²) in [6, 6.07) is 15.9. The van der Waals surface area contributed by atoms with Crippen molar-refractivity contribution >= 4 is 27.7 Å². The summed E-state index contributed by atoms with van der Waals surface area (Å²) in [5.41, 5.74) is 2.51. The predicted octanol–water partition coefficient (Wildman–Crippen LogP) is 4.20. The number of ether oxygens (including phenoxy) is 2. The van der Waals surface area contributed by atoms with Crippen LogP contribution in [0.2, 0.25) is 0 Å². The molecule has 1 heterocycles. The van der Waals surface area contributed by atoms with Crippen molar-refractivity contribution in [2.24, 2.45) is 0 Å². The molecule has 2 aromatic carbocycles. The highest BCUT2D eigenvalue weighted by Crippen LogP contribution is 2.33. The molecule has 3 rings (SSSR count). The predicted molar refractivity (Wildman–Crippen MR) is 103 cm³/mol. The lowest BCUT2D eigenvalue weighted by Crippen LogP contribution is -2.40. The zero-order valence-corrected chi connectivity index (χ0v) is 15.7. The molecule has 0 saturated carbocycles. The van der Waals surface area contributed by atoms with Gasteiger partial charge in [0.15, 0.2) is 5.72 Å². The van der Waals surface area contributed by atoms with Gasteiger partial charge in [-0.15, -0.1) is 0 Å². The Kier molecular flexibility index (Phi) is 5.91. The molecule has 2 atom stereocenters. The quantitative estimate of drug-likeness (QED) is 0.727. The molecule has 2 aromatic rings. The minimum absolute atomic E-state index is 0.186. The Morgan fingerprint density at radius 3 is 2.72 bits per heavy atom. The number of hydrogen-bond acceptors (Lipinski definition) is 4. The van der Waals surface area contributed by atoms with Crippen LogP contribution in [0, 0.1) is 0 Å². The Hall–Kier alpha value is -1.66. The number of aliphatic hydroxyl groups is 1. The topological polar surface area (TPSA) is 50.7 Å². The molecule has 132 valence electrons. The third-order valence-corrected chi connectivity index (χ3v) is 4.69. The molecule has 0 spiro atoms. The molecular formula is C20H22BrNO3. The molecule has 1 aliphatic rings. The number of rotatable bonds is 7. The largest absolute Gasteiger partial charge is 0.388 e. The lowest BCUT2D eigenvalue weighted by atomic mass is 10.0. The fraction of sp³-hybridized carbons (Fsp3) is 0.300. The molecule has 0 amide bonds. The summed E-state index contributed by atoms with van der Waals surface area (Å²) >= 11 is 3.54. The van der Waals surface area contributed by atoms with Crippen molar-refractivity contribution in [2.75, 3.05) is 18.5 Å². The summed E-state index contributed by atoms with van der Waals surface area (Å²) in [5, 5.41) is 13.5. The molecule has 4 nitrogen and oxygen atoms in total. The second kappa shape index (κ2) is 8.15. The van der Waals surface area contributed by atoms with Crippen LogP contribution >= 0.6 is 15.9 Å². The maximum Gasteiger partial charge on any atom is 0.155 e. The van der Waals surface area contributed by atoms with Gasteiger partial charge in [-0.25, -0.2) is 0 Å². The Bertz CT molecular complexity index is 735. The van der Waals surface area contributed by atoms with Gasteiger partial charge < -0.3 is 19.9 Å². The number of anilines is 1. The number of nitrogens with one attached hydrogen (secondary N) is 1. The first-order valence-corrected chi connectivity index (χ1v) is 9.05. The van der Waals surface area contributed by atoms with Crippen LogP contribution in [0.25, 0.3) is 6.08 Å². The van der Waals surface area contributed by atoms with E-state index < -0.39 is 11.8 Å². The van der Waals surface area contributed by atoms with Crippen LogP contribution in [0.3, 0.4) is 0 Å². The van der Waals surface area contributed by atoms with Gasteiger partial charge in [0.2, 0.25) is 0 Å². The number of aliphatic hydroxyl groups excluding tert-OH is 1. The monoisotopic (exact) mass is 403 g/mol. The van der Waals surface area contributed by atoms with E-state index in [2.05, 4.69) is 21.2 Å². The van der Waals surface area contributed by atoms with Crippen LogP contribution in [-0.2, 0) is 16.1 Å². The van der Waals surface area contributed by atoms with Gasteiger partial charge in [0.25, 0.3) is 0 Å². The molecule has 0 bridgehead atoms. The van der Waals surface area contributed by atoms with Crippen molar-refractivity contribution in [3.05, 3.63) is 70.2 Å². The average molecular weight is 404 g/mol. The van der Waals surface area contributed by atoms with E-state index in [9.17, 15) is 5.11 Å². The molecule has 1 aliphatic heterocycles. The van der Waals surface area contributed by atoms with Crippen LogP contribution in [0.4, 0.5) is 5.69 Å². The van der Waals surface area contributed by atoms with Gasteiger partial charge in [-0.05, 0) is 30.7 Å². The van der Waals surface area contributed by atoms with Gasteiger partial charge in [0, 0.05) is 15.7 Å². The Balaban J connectivity index is 1.47. The Morgan fingerprint density at radius 2 is 1.92 bits per heavy atom. The van der Waals surface area contributed by atoms with Crippen molar-refractivity contribution in [1.82, 2.24) is 0 Å². The minimum atomic E-state index is -0.681. The van der Waals surface area contributed by atoms with Crippen molar-refractivity contribution in [3.8, 4) is 0 Å². The zero-order chi connectivity index (χ0) is 17.7. The van der Waals surface area contributed by atoms with Crippen LogP contribution in [0.15, 0.2) is 59.1 Å². The summed E-state index contributed by atoms with van der Waals surface area (Å²) in [5.74, 6) is 0. The summed E-state index contributed by atoms with van der Waals surface area (Å²) in [7, 11) is 0. The van der Waals surface area contributed by atoms with Gasteiger partial charge in [-0.3, -0.25) is 0 Å². The second-order valence-corrected chi connectivity index (χ2v) is 7.09. The van der Waals surface area contributed by atoms with E-state index in [-0.39, 0.29) is 13.2 Å². The smallest absolute Gasteiger partial charge is 0.155 e. The summed E-state index contributed by atoms with van der Waals surface area (Å²) in [6.07, 6.45) is 3.30. The van der Waals surface area contributed by atoms with Crippen molar-refractivity contribution in [1.29, 1.82) is 0 Å². The van der Waals surface area contributed by atoms with E-state index in [1.165, 1.54) is 0 Å². The molecule has 25 heavy (non-hydrogen) atoms. The van der Waals surface area contributed by atoms with E-state index in [0.29, 0.717) is 6.61 Å². The highest BCUT2D eigenvalue weighted by molar-refractivity contribution is 9.10. The zero-order valence-electron chi connectivity index (χ0n) is 14.1. The van der Waals surface area contributed by atoms with E-state index in [4.69, 9.17) is 9.47 Å². The van der Waals surface area contributed by atoms with Crippen LogP contribution in [-0.4, -0.2) is 30.1 Å². The maximum atomic E-state index is 10.1. The van der Waals surface area contributed by atoms with Gasteiger partial charge >= 0.3 is 0 Å². The lowest BCUT2D eigenvalue weighted by molar-refractivity contribution is -0.0593. The number of halogens is 1. The second-order valence-electron chi connectivity index (χ2n) is 6.23. The lowest BCUT2D eigenvalue weighted by Gasteiger charge is -2.33. The van der Waals surface area contributed by atoms with Crippen molar-refractivity contribution in [3.63, 3.8) is 0 Å². The minimum Gasteiger partial charge on any atom is -0.388 e. The molecule has 0 saturated heterocycles. The van der Waals surface area contributed by atoms with E-state index in [1.807, 2.05) is 67.6 Å². The molecule has 0 aliphatic carbocycles. The van der Waals surface area contributed by atoms with Gasteiger partial charge in [-0.1, -0.05) is 58.4 Å². The third kappa shape index (κ3) is 4.92. The first-order valence-electron chi connectivity index (χ1n) is 8.25. The van der Waals surface area contributed by atoms with Crippen molar-refractivity contribution in [2.45, 2.75) is 25.4 Å². The number of fused-ring (bicyclic) bond motifs is 1. The molecule has 0 radical (unpaired) electrons. The fourth-order valence-electron chi connectivity index (χ4n) is 2.66. The normalized spacial score (nSPS) is 20.0. The van der Waals surface area contributed by atoms with Crippen LogP contribution in [0.5, 0.6) is 0 Å². The summed E-state index contributed by atoms with van der Waals surface area (Å²) < 4.78 is 12.5. The van der Waals surface area contributed by atoms with E-state index in [1.54, 1.807) is 0 Å². The molecule has 2 N–H and O–H groups in total. The standard InChI is InChI=1S/C20H22BrNO3/c1-20(11-10-17-18(21)8-5-9-19(17)22-20)25-14-16(23)13-24-12-15-6-3-2-4-7-15/h2-11,16,22-23H,12-14H2,1H3/t16-,20?/m0/s1.